The van der Waals surface area contributed by atoms with Crippen LogP contribution < -0.4 is 4.74 Å². The lowest BCUT2D eigenvalue weighted by atomic mass is 9.96. The third-order valence-corrected chi connectivity index (χ3v) is 5.36. The van der Waals surface area contributed by atoms with Crippen LogP contribution in [0.15, 0.2) is 37.1 Å². The fourth-order valence-corrected chi connectivity index (χ4v) is 4.17. The molecular formula is C19H18N4O. The van der Waals surface area contributed by atoms with Crippen LogP contribution in [-0.2, 0) is 0 Å². The highest BCUT2D eigenvalue weighted by Gasteiger charge is 2.56. The van der Waals surface area contributed by atoms with Crippen LogP contribution in [-0.4, -0.2) is 26.5 Å². The lowest BCUT2D eigenvalue weighted by Gasteiger charge is -2.18. The second kappa shape index (κ2) is 4.90. The minimum atomic E-state index is 0.484. The Bertz CT molecular complexity index is 899. The van der Waals surface area contributed by atoms with Gasteiger partial charge < -0.3 is 9.72 Å². The minimum absolute atomic E-state index is 0.484. The van der Waals surface area contributed by atoms with Gasteiger partial charge in [-0.25, -0.2) is 15.0 Å². The maximum atomic E-state index is 5.99. The standard InChI is InChI=1S/C19H18N4O/c1-10-17(11(2)22-9-21-10)12-3-4-16-13(5-12)18-14(7-24-16)19(18)15-6-20-8-23-15/h3-6,8-9,14,18-19H,7H2,1-2H3,(H,20,23)/t14-,18+,19?/m0/s1. The van der Waals surface area contributed by atoms with Crippen LogP contribution in [0.5, 0.6) is 5.75 Å². The number of aromatic nitrogens is 4. The van der Waals surface area contributed by atoms with Gasteiger partial charge in [-0.3, -0.25) is 0 Å². The molecule has 2 aliphatic rings. The quantitative estimate of drug-likeness (QED) is 0.787. The summed E-state index contributed by atoms with van der Waals surface area (Å²) in [6.45, 7) is 4.85. The van der Waals surface area contributed by atoms with Crippen LogP contribution in [0, 0.1) is 19.8 Å². The molecule has 3 atom stereocenters. The van der Waals surface area contributed by atoms with E-state index >= 15 is 0 Å². The molecule has 0 amide bonds. The summed E-state index contributed by atoms with van der Waals surface area (Å²) < 4.78 is 5.99. The molecule has 2 aromatic heterocycles. The van der Waals surface area contributed by atoms with Gasteiger partial charge in [0.15, 0.2) is 0 Å². The predicted molar refractivity (Wildman–Crippen MR) is 90.0 cm³/mol. The number of hydrogen-bond donors (Lipinski definition) is 1. The summed E-state index contributed by atoms with van der Waals surface area (Å²) in [5.41, 5.74) is 6.83. The number of benzene rings is 1. The lowest BCUT2D eigenvalue weighted by Crippen LogP contribution is -2.08. The van der Waals surface area contributed by atoms with Crippen molar-refractivity contribution in [1.29, 1.82) is 0 Å². The molecule has 120 valence electrons. The highest BCUT2D eigenvalue weighted by Crippen LogP contribution is 2.64. The normalized spacial score (nSPS) is 24.0. The Morgan fingerprint density at radius 3 is 2.71 bits per heavy atom. The number of nitrogens with zero attached hydrogens (tertiary/aromatic N) is 3. The molecule has 1 aromatic carbocycles. The Morgan fingerprint density at radius 2 is 1.96 bits per heavy atom. The van der Waals surface area contributed by atoms with E-state index in [4.69, 9.17) is 4.74 Å². The highest BCUT2D eigenvalue weighted by atomic mass is 16.5. The zero-order valence-electron chi connectivity index (χ0n) is 13.7. The largest absolute Gasteiger partial charge is 0.493 e. The number of H-pyrrole nitrogens is 1. The van der Waals surface area contributed by atoms with Gasteiger partial charge in [0.05, 0.1) is 12.9 Å². The average molecular weight is 318 g/mol. The molecule has 1 aliphatic heterocycles. The summed E-state index contributed by atoms with van der Waals surface area (Å²) in [6.07, 6.45) is 5.32. The van der Waals surface area contributed by atoms with Gasteiger partial charge >= 0.3 is 0 Å². The molecular weight excluding hydrogens is 300 g/mol. The number of hydrogen-bond acceptors (Lipinski definition) is 4. The molecule has 0 radical (unpaired) electrons. The predicted octanol–water partition coefficient (Wildman–Crippen LogP) is 3.37. The second-order valence-electron chi connectivity index (χ2n) is 6.71. The number of aromatic amines is 1. The first-order valence-corrected chi connectivity index (χ1v) is 8.27. The summed E-state index contributed by atoms with van der Waals surface area (Å²) in [6, 6.07) is 6.47. The van der Waals surface area contributed by atoms with E-state index in [2.05, 4.69) is 38.1 Å². The lowest BCUT2D eigenvalue weighted by molar-refractivity contribution is 0.277. The zero-order valence-corrected chi connectivity index (χ0v) is 13.7. The Morgan fingerprint density at radius 1 is 1.12 bits per heavy atom. The summed E-state index contributed by atoms with van der Waals surface area (Å²) in [4.78, 5) is 16.2. The molecule has 0 spiro atoms. The molecule has 5 nitrogen and oxygen atoms in total. The van der Waals surface area contributed by atoms with E-state index in [1.54, 1.807) is 12.7 Å². The SMILES string of the molecule is Cc1ncnc(C)c1-c1ccc2c(c1)[C@H]1C(c3cnc[nH]3)[C@H]1CO2. The van der Waals surface area contributed by atoms with E-state index in [9.17, 15) is 0 Å². The molecule has 1 fully saturated rings. The third kappa shape index (κ3) is 1.90. The van der Waals surface area contributed by atoms with Gasteiger partial charge in [0.2, 0.25) is 0 Å². The van der Waals surface area contributed by atoms with Crippen molar-refractivity contribution in [3.05, 3.63) is 59.7 Å². The van der Waals surface area contributed by atoms with Crippen LogP contribution >= 0.6 is 0 Å². The van der Waals surface area contributed by atoms with Crippen LogP contribution in [0.2, 0.25) is 0 Å². The number of imidazole rings is 1. The highest BCUT2D eigenvalue weighted by molar-refractivity contribution is 5.70. The number of nitrogens with one attached hydrogen (secondary N) is 1. The van der Waals surface area contributed by atoms with E-state index in [0.717, 1.165) is 29.3 Å². The Balaban J connectivity index is 1.59. The molecule has 24 heavy (non-hydrogen) atoms. The first kappa shape index (κ1) is 13.7. The summed E-state index contributed by atoms with van der Waals surface area (Å²) in [5.74, 6) is 2.55. The van der Waals surface area contributed by atoms with Gasteiger partial charge in [-0.2, -0.15) is 0 Å². The molecule has 0 saturated heterocycles. The Hall–Kier alpha value is -2.69. The van der Waals surface area contributed by atoms with Crippen molar-refractivity contribution < 1.29 is 4.74 Å². The van der Waals surface area contributed by atoms with E-state index in [1.165, 1.54) is 16.8 Å². The monoisotopic (exact) mass is 318 g/mol. The topological polar surface area (TPSA) is 63.7 Å². The van der Waals surface area contributed by atoms with Gasteiger partial charge in [0.25, 0.3) is 0 Å². The van der Waals surface area contributed by atoms with Crippen molar-refractivity contribution in [2.24, 2.45) is 5.92 Å². The van der Waals surface area contributed by atoms with Crippen LogP contribution in [0.3, 0.4) is 0 Å². The van der Waals surface area contributed by atoms with Crippen molar-refractivity contribution in [2.75, 3.05) is 6.61 Å². The smallest absolute Gasteiger partial charge is 0.122 e. The van der Waals surface area contributed by atoms with Crippen LogP contribution in [0.25, 0.3) is 11.1 Å². The molecule has 3 aromatic rings. The first-order chi connectivity index (χ1) is 11.7. The Kier molecular flexibility index (Phi) is 2.80. The molecule has 3 heterocycles. The molecule has 0 bridgehead atoms. The molecule has 1 aliphatic carbocycles. The maximum absolute atomic E-state index is 5.99. The molecule has 1 saturated carbocycles. The number of ether oxygens (including phenoxy) is 1. The van der Waals surface area contributed by atoms with Crippen molar-refractivity contribution in [1.82, 2.24) is 19.9 Å². The number of aryl methyl sites for hydroxylation is 2. The first-order valence-electron chi connectivity index (χ1n) is 8.27. The van der Waals surface area contributed by atoms with Gasteiger partial charge in [-0.1, -0.05) is 6.07 Å². The van der Waals surface area contributed by atoms with E-state index < -0.39 is 0 Å². The number of rotatable bonds is 2. The van der Waals surface area contributed by atoms with Gasteiger partial charge in [0, 0.05) is 46.6 Å². The summed E-state index contributed by atoms with van der Waals surface area (Å²) in [5, 5.41) is 0. The minimum Gasteiger partial charge on any atom is -0.493 e. The van der Waals surface area contributed by atoms with Gasteiger partial charge in [0.1, 0.15) is 12.1 Å². The fourth-order valence-electron chi connectivity index (χ4n) is 4.17. The molecule has 1 unspecified atom stereocenters. The van der Waals surface area contributed by atoms with Gasteiger partial charge in [-0.05, 0) is 37.1 Å². The van der Waals surface area contributed by atoms with Crippen LogP contribution in [0.1, 0.15) is 34.5 Å². The van der Waals surface area contributed by atoms with Crippen LogP contribution in [0.4, 0.5) is 0 Å². The summed E-state index contributed by atoms with van der Waals surface area (Å²) in [7, 11) is 0. The summed E-state index contributed by atoms with van der Waals surface area (Å²) >= 11 is 0. The number of fused-ring (bicyclic) bond motifs is 3. The molecule has 5 rings (SSSR count). The van der Waals surface area contributed by atoms with E-state index in [-0.39, 0.29) is 0 Å². The Labute approximate surface area is 140 Å². The van der Waals surface area contributed by atoms with E-state index in [0.29, 0.717) is 17.8 Å². The fraction of sp³-hybridized carbons (Fsp3) is 0.316. The average Bonchev–Trinajstić information content (AvgIpc) is 3.07. The third-order valence-electron chi connectivity index (χ3n) is 5.36. The second-order valence-corrected chi connectivity index (χ2v) is 6.71. The van der Waals surface area contributed by atoms with Gasteiger partial charge in [-0.15, -0.1) is 0 Å². The maximum Gasteiger partial charge on any atom is 0.122 e. The van der Waals surface area contributed by atoms with Crippen molar-refractivity contribution >= 4 is 0 Å². The molecule has 5 heteroatoms. The molecule has 1 N–H and O–H groups in total. The zero-order chi connectivity index (χ0) is 16.3. The van der Waals surface area contributed by atoms with Crippen molar-refractivity contribution in [2.45, 2.75) is 25.7 Å². The van der Waals surface area contributed by atoms with Crippen molar-refractivity contribution in [3.63, 3.8) is 0 Å². The van der Waals surface area contributed by atoms with E-state index in [1.807, 2.05) is 20.0 Å². The van der Waals surface area contributed by atoms with Crippen molar-refractivity contribution in [3.8, 4) is 16.9 Å².